The minimum Gasteiger partial charge on any atom is -0.311 e. The summed E-state index contributed by atoms with van der Waals surface area (Å²) in [5.41, 5.74) is 1.30. The normalized spacial score (nSPS) is 11.8. The van der Waals surface area contributed by atoms with Gasteiger partial charge in [0.15, 0.2) is 0 Å². The molecule has 3 heterocycles. The highest BCUT2D eigenvalue weighted by Gasteiger charge is 2.14. The monoisotopic (exact) mass is 367 g/mol. The van der Waals surface area contributed by atoms with E-state index in [0.29, 0.717) is 16.6 Å². The van der Waals surface area contributed by atoms with Crippen molar-refractivity contribution in [1.82, 2.24) is 29.6 Å². The second kappa shape index (κ2) is 5.85. The molecule has 0 radical (unpaired) electrons. The Kier molecular flexibility index (Phi) is 3.62. The fraction of sp³-hybridized carbons (Fsp3) is 0.125. The van der Waals surface area contributed by atoms with Crippen molar-refractivity contribution in [3.63, 3.8) is 0 Å². The van der Waals surface area contributed by atoms with Crippen LogP contribution in [-0.2, 0) is 7.05 Å². The Labute approximate surface area is 150 Å². The van der Waals surface area contributed by atoms with Crippen LogP contribution in [0.15, 0.2) is 39.0 Å². The molecule has 130 valence electrons. The van der Waals surface area contributed by atoms with Crippen LogP contribution in [0.5, 0.6) is 0 Å². The number of pyridine rings is 1. The molecule has 0 aliphatic heterocycles. The third kappa shape index (κ3) is 2.30. The first kappa shape index (κ1) is 16.1. The van der Waals surface area contributed by atoms with Gasteiger partial charge in [-0.2, -0.15) is 20.0 Å². The third-order valence-corrected chi connectivity index (χ3v) is 4.41. The highest BCUT2D eigenvalue weighted by molar-refractivity contribution is 7.71. The lowest BCUT2D eigenvalue weighted by Gasteiger charge is -2.05. The molecule has 0 saturated carbocycles. The quantitative estimate of drug-likeness (QED) is 0.408. The van der Waals surface area contributed by atoms with Crippen molar-refractivity contribution in [3.05, 3.63) is 61.1 Å². The number of aromatic amines is 2. The molecule has 2 N–H and O–H groups in total. The van der Waals surface area contributed by atoms with Gasteiger partial charge in [0.2, 0.25) is 4.77 Å². The average Bonchev–Trinajstić information content (AvgIpc) is 3.07. The molecule has 0 saturated heterocycles. The molecule has 4 rings (SSSR count). The Morgan fingerprint density at radius 3 is 2.73 bits per heavy atom. The number of para-hydroxylation sites is 1. The zero-order chi connectivity index (χ0) is 18.4. The minimum absolute atomic E-state index is 0.0547. The molecule has 9 nitrogen and oxygen atoms in total. The van der Waals surface area contributed by atoms with Gasteiger partial charge in [-0.25, -0.2) is 0 Å². The number of rotatable bonds is 2. The molecule has 0 aliphatic rings. The fourth-order valence-electron chi connectivity index (χ4n) is 2.80. The molecule has 0 spiro atoms. The van der Waals surface area contributed by atoms with E-state index in [-0.39, 0.29) is 16.0 Å². The molecule has 10 heteroatoms. The Hall–Kier alpha value is -3.40. The van der Waals surface area contributed by atoms with Gasteiger partial charge in [-0.15, -0.1) is 0 Å². The van der Waals surface area contributed by atoms with E-state index in [4.69, 9.17) is 12.2 Å². The van der Waals surface area contributed by atoms with Crippen molar-refractivity contribution in [2.24, 2.45) is 12.1 Å². The zero-order valence-electron chi connectivity index (χ0n) is 13.8. The first-order valence-electron chi connectivity index (χ1n) is 7.67. The van der Waals surface area contributed by atoms with Crippen LogP contribution >= 0.6 is 12.2 Å². The van der Waals surface area contributed by atoms with Gasteiger partial charge in [-0.1, -0.05) is 18.2 Å². The lowest BCUT2D eigenvalue weighted by molar-refractivity contribution is 0.720. The summed E-state index contributed by atoms with van der Waals surface area (Å²) in [7, 11) is 1.70. The van der Waals surface area contributed by atoms with Gasteiger partial charge in [0.1, 0.15) is 11.2 Å². The maximum atomic E-state index is 12.8. The summed E-state index contributed by atoms with van der Waals surface area (Å²) in [6, 6.07) is 7.50. The van der Waals surface area contributed by atoms with Gasteiger partial charge >= 0.3 is 0 Å². The predicted molar refractivity (Wildman–Crippen MR) is 100 cm³/mol. The average molecular weight is 367 g/mol. The van der Waals surface area contributed by atoms with Gasteiger partial charge in [0.05, 0.1) is 22.8 Å². The highest BCUT2D eigenvalue weighted by atomic mass is 32.1. The Bertz CT molecular complexity index is 1370. The zero-order valence-corrected chi connectivity index (χ0v) is 14.7. The number of aryl methyl sites for hydroxylation is 2. The molecule has 0 bridgehead atoms. The van der Waals surface area contributed by atoms with E-state index >= 15 is 0 Å². The Morgan fingerprint density at radius 2 is 1.92 bits per heavy atom. The maximum Gasteiger partial charge on any atom is 0.296 e. The van der Waals surface area contributed by atoms with Crippen LogP contribution in [0.25, 0.3) is 21.8 Å². The van der Waals surface area contributed by atoms with Crippen molar-refractivity contribution in [2.45, 2.75) is 6.92 Å². The lowest BCUT2D eigenvalue weighted by atomic mass is 10.1. The topological polar surface area (TPSA) is 114 Å². The van der Waals surface area contributed by atoms with Crippen LogP contribution in [-0.4, -0.2) is 35.9 Å². The molecule has 0 unspecified atom stereocenters. The summed E-state index contributed by atoms with van der Waals surface area (Å²) in [4.78, 5) is 24.9. The van der Waals surface area contributed by atoms with Gasteiger partial charge in [0.25, 0.3) is 11.1 Å². The minimum atomic E-state index is -0.438. The first-order valence-corrected chi connectivity index (χ1v) is 8.08. The molecule has 1 aromatic carbocycles. The van der Waals surface area contributed by atoms with Crippen LogP contribution in [0.2, 0.25) is 0 Å². The second-order valence-corrected chi connectivity index (χ2v) is 6.10. The fourth-order valence-corrected chi connectivity index (χ4v) is 2.97. The summed E-state index contributed by atoms with van der Waals surface area (Å²) in [6.07, 6.45) is 1.36. The first-order chi connectivity index (χ1) is 12.5. The summed E-state index contributed by atoms with van der Waals surface area (Å²) >= 11 is 5.04. The van der Waals surface area contributed by atoms with Crippen molar-refractivity contribution in [2.75, 3.05) is 0 Å². The van der Waals surface area contributed by atoms with Gasteiger partial charge < -0.3 is 4.57 Å². The molecule has 0 atom stereocenters. The molecule has 4 aromatic rings. The van der Waals surface area contributed by atoms with Crippen molar-refractivity contribution >= 4 is 40.2 Å². The second-order valence-electron chi connectivity index (χ2n) is 5.72. The number of aromatic nitrogens is 6. The molecule has 3 aromatic heterocycles. The third-order valence-electron chi connectivity index (χ3n) is 4.15. The van der Waals surface area contributed by atoms with Gasteiger partial charge in [0, 0.05) is 12.4 Å². The number of H-pyrrole nitrogens is 2. The van der Waals surface area contributed by atoms with Crippen LogP contribution in [0.3, 0.4) is 0 Å². The standard InChI is InChI=1S/C16H13N7O2S/c1-8-14(24)23(16(26)21-18-8)17-7-10-12-13(20-19-10)9-5-3-4-6-11(9)22(2)15(12)25/h3-7H,1-2H3,(H,19,20)(H,21,26)/b17-7+. The lowest BCUT2D eigenvalue weighted by Crippen LogP contribution is -2.22. The Balaban J connectivity index is 1.98. The van der Waals surface area contributed by atoms with Crippen molar-refractivity contribution in [3.8, 4) is 0 Å². The van der Waals surface area contributed by atoms with Gasteiger partial charge in [-0.05, 0) is 25.2 Å². The van der Waals surface area contributed by atoms with Gasteiger partial charge in [-0.3, -0.25) is 19.8 Å². The smallest absolute Gasteiger partial charge is 0.296 e. The van der Waals surface area contributed by atoms with Crippen LogP contribution in [0.4, 0.5) is 0 Å². The summed E-state index contributed by atoms with van der Waals surface area (Å²) < 4.78 is 2.62. The van der Waals surface area contributed by atoms with Crippen molar-refractivity contribution in [1.29, 1.82) is 0 Å². The summed E-state index contributed by atoms with van der Waals surface area (Å²) in [5, 5.41) is 18.7. The number of nitrogens with zero attached hydrogens (tertiary/aromatic N) is 5. The summed E-state index contributed by atoms with van der Waals surface area (Å²) in [6.45, 7) is 1.55. The predicted octanol–water partition coefficient (Wildman–Crippen LogP) is 1.22. The van der Waals surface area contributed by atoms with E-state index in [0.717, 1.165) is 15.6 Å². The SMILES string of the molecule is Cc1n[nH]c(=S)n(/N=C/c2[nH]nc3c2c(=O)n(C)c2ccccc32)c1=O. The molecule has 0 fully saturated rings. The number of hydrogen-bond acceptors (Lipinski definition) is 6. The molecule has 0 aliphatic carbocycles. The van der Waals surface area contributed by atoms with E-state index in [1.807, 2.05) is 24.3 Å². The van der Waals surface area contributed by atoms with Crippen LogP contribution in [0, 0.1) is 11.7 Å². The Morgan fingerprint density at radius 1 is 1.15 bits per heavy atom. The van der Waals surface area contributed by atoms with E-state index in [1.54, 1.807) is 18.5 Å². The van der Waals surface area contributed by atoms with E-state index in [1.165, 1.54) is 6.21 Å². The summed E-state index contributed by atoms with van der Waals surface area (Å²) in [5.74, 6) is 0. The van der Waals surface area contributed by atoms with Crippen LogP contribution < -0.4 is 11.1 Å². The van der Waals surface area contributed by atoms with E-state index < -0.39 is 5.56 Å². The molecule has 26 heavy (non-hydrogen) atoms. The maximum absolute atomic E-state index is 12.8. The highest BCUT2D eigenvalue weighted by Crippen LogP contribution is 2.21. The van der Waals surface area contributed by atoms with Crippen molar-refractivity contribution < 1.29 is 0 Å². The molecular formula is C16H13N7O2S. The van der Waals surface area contributed by atoms with E-state index in [2.05, 4.69) is 25.5 Å². The van der Waals surface area contributed by atoms with Crippen LogP contribution in [0.1, 0.15) is 11.4 Å². The number of fused-ring (bicyclic) bond motifs is 3. The molecular weight excluding hydrogens is 354 g/mol. The number of benzene rings is 1. The van der Waals surface area contributed by atoms with E-state index in [9.17, 15) is 9.59 Å². The number of nitrogens with one attached hydrogen (secondary N) is 2. The molecule has 0 amide bonds. The largest absolute Gasteiger partial charge is 0.311 e. The number of hydrogen-bond donors (Lipinski definition) is 2.